The number of aliphatic hydroxyl groups is 1. The van der Waals surface area contributed by atoms with Gasteiger partial charge in [-0.1, -0.05) is 12.1 Å². The second-order valence-electron chi connectivity index (χ2n) is 3.96. The fourth-order valence-electron chi connectivity index (χ4n) is 1.62. The van der Waals surface area contributed by atoms with Gasteiger partial charge in [0.1, 0.15) is 0 Å². The van der Waals surface area contributed by atoms with E-state index in [0.717, 1.165) is 5.56 Å². The van der Waals surface area contributed by atoms with Crippen molar-refractivity contribution in [1.29, 1.82) is 0 Å². The van der Waals surface area contributed by atoms with Crippen molar-refractivity contribution in [2.24, 2.45) is 0 Å². The van der Waals surface area contributed by atoms with Crippen LogP contribution in [0.1, 0.15) is 12.0 Å². The SMILES string of the molecule is O=C(CCn1ccnc1)Nc1cccc(CO)c1. The average molecular weight is 245 g/mol. The fourth-order valence-corrected chi connectivity index (χ4v) is 1.62. The first-order valence-electron chi connectivity index (χ1n) is 5.73. The number of benzene rings is 1. The lowest BCUT2D eigenvalue weighted by Gasteiger charge is -2.06. The predicted octanol–water partition coefficient (Wildman–Crippen LogP) is 1.40. The third-order valence-electron chi connectivity index (χ3n) is 2.55. The van der Waals surface area contributed by atoms with E-state index in [2.05, 4.69) is 10.3 Å². The van der Waals surface area contributed by atoms with E-state index in [1.165, 1.54) is 0 Å². The van der Waals surface area contributed by atoms with Crippen LogP contribution in [0.3, 0.4) is 0 Å². The van der Waals surface area contributed by atoms with Crippen LogP contribution in [-0.4, -0.2) is 20.6 Å². The number of amides is 1. The summed E-state index contributed by atoms with van der Waals surface area (Å²) in [5, 5.41) is 11.8. The summed E-state index contributed by atoms with van der Waals surface area (Å²) >= 11 is 0. The highest BCUT2D eigenvalue weighted by molar-refractivity contribution is 5.90. The normalized spacial score (nSPS) is 10.3. The number of rotatable bonds is 5. The molecule has 94 valence electrons. The Hall–Kier alpha value is -2.14. The third kappa shape index (κ3) is 3.43. The molecule has 2 N–H and O–H groups in total. The summed E-state index contributed by atoms with van der Waals surface area (Å²) in [6, 6.07) is 7.17. The molecule has 1 amide bonds. The maximum atomic E-state index is 11.7. The van der Waals surface area contributed by atoms with Crippen molar-refractivity contribution in [2.75, 3.05) is 5.32 Å². The first kappa shape index (κ1) is 12.3. The lowest BCUT2D eigenvalue weighted by Crippen LogP contribution is -2.14. The van der Waals surface area contributed by atoms with Crippen molar-refractivity contribution >= 4 is 11.6 Å². The van der Waals surface area contributed by atoms with Gasteiger partial charge in [0.2, 0.25) is 5.91 Å². The molecule has 0 aliphatic carbocycles. The number of hydrogen-bond acceptors (Lipinski definition) is 3. The lowest BCUT2D eigenvalue weighted by molar-refractivity contribution is -0.116. The van der Waals surface area contributed by atoms with Crippen LogP contribution in [0.25, 0.3) is 0 Å². The molecule has 1 heterocycles. The van der Waals surface area contributed by atoms with Crippen LogP contribution in [0.5, 0.6) is 0 Å². The molecule has 1 aromatic heterocycles. The van der Waals surface area contributed by atoms with E-state index in [-0.39, 0.29) is 12.5 Å². The van der Waals surface area contributed by atoms with Gasteiger partial charge < -0.3 is 15.0 Å². The molecule has 0 bridgehead atoms. The van der Waals surface area contributed by atoms with Crippen molar-refractivity contribution in [2.45, 2.75) is 19.6 Å². The highest BCUT2D eigenvalue weighted by atomic mass is 16.3. The van der Waals surface area contributed by atoms with Crippen LogP contribution in [0.4, 0.5) is 5.69 Å². The molecule has 0 spiro atoms. The number of nitrogens with one attached hydrogen (secondary N) is 1. The predicted molar refractivity (Wildman–Crippen MR) is 67.8 cm³/mol. The largest absolute Gasteiger partial charge is 0.392 e. The lowest BCUT2D eigenvalue weighted by atomic mass is 10.2. The van der Waals surface area contributed by atoms with Gasteiger partial charge in [0.05, 0.1) is 12.9 Å². The first-order valence-corrected chi connectivity index (χ1v) is 5.73. The van der Waals surface area contributed by atoms with Crippen LogP contribution < -0.4 is 5.32 Å². The van der Waals surface area contributed by atoms with Gasteiger partial charge in [-0.25, -0.2) is 4.98 Å². The Bertz CT molecular complexity index is 509. The van der Waals surface area contributed by atoms with E-state index < -0.39 is 0 Å². The Labute approximate surface area is 105 Å². The van der Waals surface area contributed by atoms with Gasteiger partial charge in [-0.15, -0.1) is 0 Å². The quantitative estimate of drug-likeness (QED) is 0.836. The number of aliphatic hydroxyl groups excluding tert-OH is 1. The van der Waals surface area contributed by atoms with E-state index in [1.807, 2.05) is 10.8 Å². The van der Waals surface area contributed by atoms with Gasteiger partial charge in [0.15, 0.2) is 0 Å². The molecule has 0 aliphatic rings. The maximum absolute atomic E-state index is 11.7. The van der Waals surface area contributed by atoms with Gasteiger partial charge in [0, 0.05) is 31.0 Å². The van der Waals surface area contributed by atoms with Crippen molar-refractivity contribution in [3.63, 3.8) is 0 Å². The molecule has 0 fully saturated rings. The van der Waals surface area contributed by atoms with Crippen LogP contribution in [0, 0.1) is 0 Å². The van der Waals surface area contributed by atoms with Gasteiger partial charge in [-0.3, -0.25) is 4.79 Å². The number of anilines is 1. The number of imidazole rings is 1. The minimum atomic E-state index is -0.0567. The average Bonchev–Trinajstić information content (AvgIpc) is 2.90. The number of carbonyl (C=O) groups excluding carboxylic acids is 1. The van der Waals surface area contributed by atoms with E-state index in [1.54, 1.807) is 36.8 Å². The molecule has 0 atom stereocenters. The molecular formula is C13H15N3O2. The topological polar surface area (TPSA) is 67.2 Å². The molecule has 18 heavy (non-hydrogen) atoms. The molecule has 5 heteroatoms. The number of aromatic nitrogens is 2. The number of carbonyl (C=O) groups is 1. The monoisotopic (exact) mass is 245 g/mol. The molecule has 0 radical (unpaired) electrons. The van der Waals surface area contributed by atoms with E-state index in [0.29, 0.717) is 18.7 Å². The second kappa shape index (κ2) is 5.97. The molecular weight excluding hydrogens is 230 g/mol. The maximum Gasteiger partial charge on any atom is 0.226 e. The summed E-state index contributed by atoms with van der Waals surface area (Å²) in [4.78, 5) is 15.6. The Morgan fingerprint density at radius 1 is 1.44 bits per heavy atom. The third-order valence-corrected chi connectivity index (χ3v) is 2.55. The van der Waals surface area contributed by atoms with Crippen molar-refractivity contribution in [1.82, 2.24) is 9.55 Å². The Kier molecular flexibility index (Phi) is 4.09. The number of hydrogen-bond donors (Lipinski definition) is 2. The summed E-state index contributed by atoms with van der Waals surface area (Å²) in [6.07, 6.45) is 5.57. The summed E-state index contributed by atoms with van der Waals surface area (Å²) in [5.41, 5.74) is 1.49. The van der Waals surface area contributed by atoms with Crippen molar-refractivity contribution in [3.05, 3.63) is 48.5 Å². The Balaban J connectivity index is 1.86. The summed E-state index contributed by atoms with van der Waals surface area (Å²) in [7, 11) is 0. The minimum Gasteiger partial charge on any atom is -0.392 e. The fraction of sp³-hybridized carbons (Fsp3) is 0.231. The van der Waals surface area contributed by atoms with Gasteiger partial charge in [-0.05, 0) is 17.7 Å². The zero-order chi connectivity index (χ0) is 12.8. The molecule has 0 aliphatic heterocycles. The second-order valence-corrected chi connectivity index (χ2v) is 3.96. The Morgan fingerprint density at radius 2 is 2.33 bits per heavy atom. The number of aryl methyl sites for hydroxylation is 1. The molecule has 0 saturated carbocycles. The van der Waals surface area contributed by atoms with Crippen molar-refractivity contribution < 1.29 is 9.90 Å². The van der Waals surface area contributed by atoms with Gasteiger partial charge >= 0.3 is 0 Å². The molecule has 0 saturated heterocycles. The first-order chi connectivity index (χ1) is 8.78. The summed E-state index contributed by atoms with van der Waals surface area (Å²) < 4.78 is 1.85. The van der Waals surface area contributed by atoms with Crippen LogP contribution in [0.2, 0.25) is 0 Å². The molecule has 0 unspecified atom stereocenters. The Morgan fingerprint density at radius 3 is 3.06 bits per heavy atom. The van der Waals surface area contributed by atoms with Gasteiger partial charge in [-0.2, -0.15) is 0 Å². The highest BCUT2D eigenvalue weighted by Gasteiger charge is 2.03. The minimum absolute atomic E-state index is 0.0290. The number of nitrogens with zero attached hydrogens (tertiary/aromatic N) is 2. The van der Waals surface area contributed by atoms with Crippen molar-refractivity contribution in [3.8, 4) is 0 Å². The standard InChI is InChI=1S/C13H15N3O2/c17-9-11-2-1-3-12(8-11)15-13(18)4-6-16-7-5-14-10-16/h1-3,5,7-8,10,17H,4,6,9H2,(H,15,18). The van der Waals surface area contributed by atoms with E-state index in [4.69, 9.17) is 5.11 Å². The molecule has 1 aromatic carbocycles. The molecule has 5 nitrogen and oxygen atoms in total. The summed E-state index contributed by atoms with van der Waals surface area (Å²) in [6.45, 7) is 0.574. The zero-order valence-corrected chi connectivity index (χ0v) is 9.91. The smallest absolute Gasteiger partial charge is 0.226 e. The van der Waals surface area contributed by atoms with Crippen LogP contribution in [-0.2, 0) is 17.9 Å². The van der Waals surface area contributed by atoms with Gasteiger partial charge in [0.25, 0.3) is 0 Å². The van der Waals surface area contributed by atoms with Crippen LogP contribution >= 0.6 is 0 Å². The summed E-state index contributed by atoms with van der Waals surface area (Å²) in [5.74, 6) is -0.0567. The molecule has 2 aromatic rings. The zero-order valence-electron chi connectivity index (χ0n) is 9.91. The highest BCUT2D eigenvalue weighted by Crippen LogP contribution is 2.10. The molecule has 2 rings (SSSR count). The van der Waals surface area contributed by atoms with E-state index >= 15 is 0 Å². The van der Waals surface area contributed by atoms with Crippen LogP contribution in [0.15, 0.2) is 43.0 Å². The van der Waals surface area contributed by atoms with E-state index in [9.17, 15) is 4.79 Å².